The SMILES string of the molecule is CCCNC(=O)[C@H](C)N(Cc1cccc(Cl)c1)C(=O)CN(c1ccc(Cl)c(Cl)c1)S(=O)(=O)c1ccc(C)cc1. The fourth-order valence-corrected chi connectivity index (χ4v) is 5.73. The Morgan fingerprint density at radius 2 is 1.64 bits per heavy atom. The van der Waals surface area contributed by atoms with Gasteiger partial charge in [0.1, 0.15) is 12.6 Å². The number of hydrogen-bond acceptors (Lipinski definition) is 4. The minimum Gasteiger partial charge on any atom is -0.354 e. The zero-order chi connectivity index (χ0) is 28.7. The number of rotatable bonds is 11. The van der Waals surface area contributed by atoms with Crippen LogP contribution in [-0.2, 0) is 26.2 Å². The summed E-state index contributed by atoms with van der Waals surface area (Å²) in [5.74, 6) is -0.939. The zero-order valence-corrected chi connectivity index (χ0v) is 24.9. The Hall–Kier alpha value is -2.78. The number of nitrogens with zero attached hydrogens (tertiary/aromatic N) is 2. The third-order valence-electron chi connectivity index (χ3n) is 6.04. The van der Waals surface area contributed by atoms with E-state index in [1.165, 1.54) is 35.2 Å². The van der Waals surface area contributed by atoms with Gasteiger partial charge in [0.25, 0.3) is 10.0 Å². The van der Waals surface area contributed by atoms with Crippen LogP contribution in [0.2, 0.25) is 15.1 Å². The highest BCUT2D eigenvalue weighted by molar-refractivity contribution is 7.92. The van der Waals surface area contributed by atoms with E-state index >= 15 is 0 Å². The number of amides is 2. The summed E-state index contributed by atoms with van der Waals surface area (Å²) in [6.07, 6.45) is 0.723. The van der Waals surface area contributed by atoms with E-state index in [1.807, 2.05) is 13.8 Å². The van der Waals surface area contributed by atoms with Gasteiger partial charge in [0, 0.05) is 18.1 Å². The zero-order valence-electron chi connectivity index (χ0n) is 21.8. The maximum absolute atomic E-state index is 13.9. The number of halogens is 3. The standard InChI is InChI=1S/C28H30Cl3N3O4S/c1-4-14-32-28(36)20(3)33(17-21-6-5-7-22(29)15-21)27(35)18-34(23-10-13-25(30)26(31)16-23)39(37,38)24-11-8-19(2)9-12-24/h5-13,15-16,20H,4,14,17-18H2,1-3H3,(H,32,36)/t20-/m0/s1. The second-order valence-electron chi connectivity index (χ2n) is 9.04. The summed E-state index contributed by atoms with van der Waals surface area (Å²) < 4.78 is 28.6. The molecule has 0 aromatic heterocycles. The van der Waals surface area contributed by atoms with Crippen LogP contribution in [0.5, 0.6) is 0 Å². The molecule has 0 spiro atoms. The average molecular weight is 611 g/mol. The lowest BCUT2D eigenvalue weighted by molar-refractivity contribution is -0.139. The molecule has 2 amide bonds. The van der Waals surface area contributed by atoms with E-state index in [1.54, 1.807) is 43.3 Å². The molecule has 39 heavy (non-hydrogen) atoms. The van der Waals surface area contributed by atoms with Crippen molar-refractivity contribution >= 4 is 62.3 Å². The summed E-state index contributed by atoms with van der Waals surface area (Å²) in [6.45, 7) is 5.27. The van der Waals surface area contributed by atoms with E-state index in [2.05, 4.69) is 5.32 Å². The molecule has 0 saturated carbocycles. The summed E-state index contributed by atoms with van der Waals surface area (Å²) in [4.78, 5) is 28.1. The van der Waals surface area contributed by atoms with Gasteiger partial charge in [-0.25, -0.2) is 8.42 Å². The van der Waals surface area contributed by atoms with Crippen LogP contribution in [0.3, 0.4) is 0 Å². The first-order valence-electron chi connectivity index (χ1n) is 12.3. The lowest BCUT2D eigenvalue weighted by atomic mass is 10.1. The molecule has 3 aromatic carbocycles. The molecule has 7 nitrogen and oxygen atoms in total. The highest BCUT2D eigenvalue weighted by Gasteiger charge is 2.32. The van der Waals surface area contributed by atoms with Gasteiger partial charge in [0.15, 0.2) is 0 Å². The Morgan fingerprint density at radius 3 is 2.26 bits per heavy atom. The van der Waals surface area contributed by atoms with Crippen LogP contribution in [0, 0.1) is 6.92 Å². The van der Waals surface area contributed by atoms with Crippen molar-refractivity contribution < 1.29 is 18.0 Å². The molecular weight excluding hydrogens is 581 g/mol. The number of nitrogens with one attached hydrogen (secondary N) is 1. The highest BCUT2D eigenvalue weighted by atomic mass is 35.5. The fraction of sp³-hybridized carbons (Fsp3) is 0.286. The van der Waals surface area contributed by atoms with Gasteiger partial charge in [-0.05, 0) is 68.3 Å². The van der Waals surface area contributed by atoms with Gasteiger partial charge in [-0.2, -0.15) is 0 Å². The van der Waals surface area contributed by atoms with E-state index in [4.69, 9.17) is 34.8 Å². The number of hydrogen-bond donors (Lipinski definition) is 1. The number of anilines is 1. The predicted molar refractivity (Wildman–Crippen MR) is 157 cm³/mol. The van der Waals surface area contributed by atoms with Gasteiger partial charge < -0.3 is 10.2 Å². The van der Waals surface area contributed by atoms with Crippen molar-refractivity contribution in [1.82, 2.24) is 10.2 Å². The fourth-order valence-electron chi connectivity index (χ4n) is 3.82. The Labute approximate surface area is 244 Å². The van der Waals surface area contributed by atoms with E-state index in [-0.39, 0.29) is 33.1 Å². The molecule has 1 N–H and O–H groups in total. The van der Waals surface area contributed by atoms with Crippen molar-refractivity contribution in [3.63, 3.8) is 0 Å². The van der Waals surface area contributed by atoms with E-state index in [9.17, 15) is 18.0 Å². The number of carbonyl (C=O) groups is 2. The van der Waals surface area contributed by atoms with Crippen LogP contribution in [-0.4, -0.2) is 44.3 Å². The van der Waals surface area contributed by atoms with Gasteiger partial charge in [0.2, 0.25) is 11.8 Å². The van der Waals surface area contributed by atoms with Crippen LogP contribution in [0.25, 0.3) is 0 Å². The first kappa shape index (κ1) is 30.8. The molecule has 0 aliphatic carbocycles. The van der Waals surface area contributed by atoms with E-state index in [0.717, 1.165) is 16.3 Å². The Morgan fingerprint density at radius 1 is 0.949 bits per heavy atom. The molecule has 208 valence electrons. The van der Waals surface area contributed by atoms with Crippen LogP contribution in [0.1, 0.15) is 31.4 Å². The topological polar surface area (TPSA) is 86.8 Å². The quantitative estimate of drug-likeness (QED) is 0.285. The maximum atomic E-state index is 13.9. The summed E-state index contributed by atoms with van der Waals surface area (Å²) in [5.41, 5.74) is 1.73. The lowest BCUT2D eigenvalue weighted by Crippen LogP contribution is -2.51. The molecule has 3 aromatic rings. The molecule has 0 aliphatic rings. The Bertz CT molecular complexity index is 1430. The summed E-state index contributed by atoms with van der Waals surface area (Å²) in [7, 11) is -4.21. The smallest absolute Gasteiger partial charge is 0.264 e. The predicted octanol–water partition coefficient (Wildman–Crippen LogP) is 6.09. The molecule has 1 atom stereocenters. The molecule has 0 bridgehead atoms. The molecular formula is C28H30Cl3N3O4S. The van der Waals surface area contributed by atoms with Gasteiger partial charge in [-0.15, -0.1) is 0 Å². The minimum atomic E-state index is -4.21. The van der Waals surface area contributed by atoms with Crippen molar-refractivity contribution in [3.05, 3.63) is 92.9 Å². The van der Waals surface area contributed by atoms with Crippen LogP contribution in [0.15, 0.2) is 71.6 Å². The van der Waals surface area contributed by atoms with Gasteiger partial charge in [-0.3, -0.25) is 13.9 Å². The summed E-state index contributed by atoms with van der Waals surface area (Å²) >= 11 is 18.5. The van der Waals surface area contributed by atoms with Gasteiger partial charge in [-0.1, -0.05) is 71.6 Å². The second kappa shape index (κ2) is 13.5. The first-order valence-corrected chi connectivity index (χ1v) is 14.9. The number of aryl methyl sites for hydroxylation is 1. The molecule has 0 radical (unpaired) electrons. The van der Waals surface area contributed by atoms with Crippen molar-refractivity contribution in [2.45, 2.75) is 44.7 Å². The van der Waals surface area contributed by atoms with Crippen molar-refractivity contribution in [1.29, 1.82) is 0 Å². The summed E-state index contributed by atoms with van der Waals surface area (Å²) in [5, 5.41) is 3.65. The van der Waals surface area contributed by atoms with E-state index < -0.39 is 28.5 Å². The third-order valence-corrected chi connectivity index (χ3v) is 8.80. The normalized spacial score (nSPS) is 12.1. The molecule has 0 aliphatic heterocycles. The summed E-state index contributed by atoms with van der Waals surface area (Å²) in [6, 6.07) is 16.7. The largest absolute Gasteiger partial charge is 0.354 e. The van der Waals surface area contributed by atoms with Crippen LogP contribution >= 0.6 is 34.8 Å². The Balaban J connectivity index is 2.04. The van der Waals surface area contributed by atoms with Crippen molar-refractivity contribution in [3.8, 4) is 0 Å². The number of carbonyl (C=O) groups excluding carboxylic acids is 2. The minimum absolute atomic E-state index is 0.00195. The number of sulfonamides is 1. The molecule has 11 heteroatoms. The molecule has 0 unspecified atom stereocenters. The first-order chi connectivity index (χ1) is 18.4. The number of benzene rings is 3. The monoisotopic (exact) mass is 609 g/mol. The molecule has 0 saturated heterocycles. The third kappa shape index (κ3) is 7.88. The van der Waals surface area contributed by atoms with Crippen LogP contribution < -0.4 is 9.62 Å². The Kier molecular flexibility index (Phi) is 10.7. The van der Waals surface area contributed by atoms with Crippen molar-refractivity contribution in [2.75, 3.05) is 17.4 Å². The second-order valence-corrected chi connectivity index (χ2v) is 12.2. The average Bonchev–Trinajstić information content (AvgIpc) is 2.90. The maximum Gasteiger partial charge on any atom is 0.264 e. The van der Waals surface area contributed by atoms with Crippen LogP contribution in [0.4, 0.5) is 5.69 Å². The molecule has 0 heterocycles. The molecule has 3 rings (SSSR count). The highest BCUT2D eigenvalue weighted by Crippen LogP contribution is 2.31. The van der Waals surface area contributed by atoms with Gasteiger partial charge in [0.05, 0.1) is 20.6 Å². The molecule has 0 fully saturated rings. The van der Waals surface area contributed by atoms with E-state index in [0.29, 0.717) is 17.1 Å². The van der Waals surface area contributed by atoms with Crippen molar-refractivity contribution in [2.24, 2.45) is 0 Å². The van der Waals surface area contributed by atoms with Gasteiger partial charge >= 0.3 is 0 Å². The lowest BCUT2D eigenvalue weighted by Gasteiger charge is -2.32.